The second kappa shape index (κ2) is 17.2. The molecule has 0 aliphatic heterocycles. The van der Waals surface area contributed by atoms with Crippen LogP contribution in [-0.2, 0) is 11.0 Å². The first kappa shape index (κ1) is 35.3. The van der Waals surface area contributed by atoms with Gasteiger partial charge in [0.05, 0.1) is 11.3 Å². The summed E-state index contributed by atoms with van der Waals surface area (Å²) < 4.78 is 39.9. The van der Waals surface area contributed by atoms with Gasteiger partial charge < -0.3 is 10.2 Å². The van der Waals surface area contributed by atoms with Crippen molar-refractivity contribution >= 4 is 60.5 Å². The van der Waals surface area contributed by atoms with Gasteiger partial charge in [-0.15, -0.1) is 10.2 Å². The van der Waals surface area contributed by atoms with Crippen LogP contribution in [0.2, 0.25) is 0 Å². The topological polar surface area (TPSA) is 57.1 Å². The monoisotopic (exact) mass is 702 g/mol. The number of nitrogens with zero attached hydrogens (tertiary/aromatic N) is 3. The minimum atomic E-state index is -4.48. The second-order valence-corrected chi connectivity index (χ2v) is 12.3. The van der Waals surface area contributed by atoms with Gasteiger partial charge in [0.15, 0.2) is 0 Å². The van der Waals surface area contributed by atoms with Crippen molar-refractivity contribution in [1.29, 1.82) is 0 Å². The number of anilines is 2. The van der Waals surface area contributed by atoms with E-state index >= 15 is 0 Å². The Labute approximate surface area is 260 Å². The minimum Gasteiger partial charge on any atom is -0.371 e. The molecule has 2 rings (SSSR count). The molecule has 0 saturated heterocycles. The lowest BCUT2D eigenvalue weighted by Crippen LogP contribution is -2.34. The number of rotatable bonds is 16. The molecule has 0 bridgehead atoms. The highest BCUT2D eigenvalue weighted by molar-refractivity contribution is 9.11. The lowest BCUT2D eigenvalue weighted by molar-refractivity contribution is -0.137. The molecule has 228 valence electrons. The lowest BCUT2D eigenvalue weighted by atomic mass is 9.95. The maximum atomic E-state index is 13.2. The quantitative estimate of drug-likeness (QED) is 0.177. The fourth-order valence-electron chi connectivity index (χ4n) is 4.77. The van der Waals surface area contributed by atoms with Crippen LogP contribution in [0.25, 0.3) is 0 Å². The van der Waals surface area contributed by atoms with Crippen molar-refractivity contribution in [3.05, 3.63) is 44.8 Å². The van der Waals surface area contributed by atoms with Crippen molar-refractivity contribution in [3.63, 3.8) is 0 Å². The van der Waals surface area contributed by atoms with E-state index in [-0.39, 0.29) is 20.5 Å². The van der Waals surface area contributed by atoms with Crippen LogP contribution >= 0.6 is 31.9 Å². The van der Waals surface area contributed by atoms with E-state index in [0.717, 1.165) is 43.8 Å². The zero-order valence-corrected chi connectivity index (χ0v) is 27.9. The highest BCUT2D eigenvalue weighted by Crippen LogP contribution is 2.41. The van der Waals surface area contributed by atoms with Crippen LogP contribution in [0.15, 0.2) is 49.5 Å². The number of nitrogens with one attached hydrogen (secondary N) is 1. The van der Waals surface area contributed by atoms with Gasteiger partial charge in [-0.25, -0.2) is 0 Å². The molecule has 0 radical (unpaired) electrons. The average Bonchev–Trinajstić information content (AvgIpc) is 2.91. The van der Waals surface area contributed by atoms with E-state index in [1.54, 1.807) is 0 Å². The predicted octanol–water partition coefficient (Wildman–Crippen LogP) is 11.8. The molecule has 2 aromatic rings. The molecule has 0 saturated carbocycles. The zero-order valence-electron chi connectivity index (χ0n) is 24.8. The number of unbranched alkanes of at least 4 members (excludes halogenated alkanes) is 2. The molecular weight excluding hydrogens is 661 g/mol. The van der Waals surface area contributed by atoms with Gasteiger partial charge in [0.25, 0.3) is 0 Å². The highest BCUT2D eigenvalue weighted by atomic mass is 79.9. The average molecular weight is 705 g/mol. The fourth-order valence-corrected chi connectivity index (χ4v) is 6.11. The third-order valence-corrected chi connectivity index (χ3v) is 8.51. The first-order chi connectivity index (χ1) is 19.4. The van der Waals surface area contributed by atoms with E-state index in [4.69, 9.17) is 0 Å². The van der Waals surface area contributed by atoms with Crippen LogP contribution in [0.1, 0.15) is 91.5 Å². The van der Waals surface area contributed by atoms with E-state index in [0.29, 0.717) is 23.2 Å². The summed E-state index contributed by atoms with van der Waals surface area (Å²) in [4.78, 5) is 14.6. The lowest BCUT2D eigenvalue weighted by Gasteiger charge is -2.33. The molecule has 0 aliphatic carbocycles. The number of halogens is 5. The summed E-state index contributed by atoms with van der Waals surface area (Å²) in [6.45, 7) is 12.2. The highest BCUT2D eigenvalue weighted by Gasteiger charge is 2.32. The summed E-state index contributed by atoms with van der Waals surface area (Å²) in [6, 6.07) is 7.69. The number of carbonyl (C=O) groups is 1. The standard InChI is InChI=1S/C31H43Br2F3N4O/c1-6-10-12-22(8-3)19-40(20-23(9-4)13-11-7-2)25-14-15-28(29(18-25)37-21(5)41)38-39-30-26(32)16-24(17-27(30)33)31(34,35)36/h14-18,22-23H,6-13,19-20H2,1-5H3,(H,37,41). The number of amides is 1. The van der Waals surface area contributed by atoms with E-state index in [1.165, 1.54) is 45.4 Å². The summed E-state index contributed by atoms with van der Waals surface area (Å²) in [6.07, 6.45) is 4.81. The van der Waals surface area contributed by atoms with Gasteiger partial charge in [0, 0.05) is 34.6 Å². The van der Waals surface area contributed by atoms with Gasteiger partial charge in [-0.3, -0.25) is 4.79 Å². The Hall–Kier alpha value is -1.94. The molecular formula is C31H43Br2F3N4O. The summed E-state index contributed by atoms with van der Waals surface area (Å²) >= 11 is 6.38. The Balaban J connectivity index is 2.48. The van der Waals surface area contributed by atoms with Gasteiger partial charge in [-0.2, -0.15) is 13.2 Å². The molecule has 5 nitrogen and oxygen atoms in total. The van der Waals surface area contributed by atoms with Crippen molar-refractivity contribution in [2.45, 2.75) is 92.2 Å². The molecule has 1 N–H and O–H groups in total. The van der Waals surface area contributed by atoms with Gasteiger partial charge in [0.1, 0.15) is 11.4 Å². The van der Waals surface area contributed by atoms with Crippen LogP contribution in [-0.4, -0.2) is 19.0 Å². The van der Waals surface area contributed by atoms with Gasteiger partial charge in [-0.1, -0.05) is 66.2 Å². The maximum Gasteiger partial charge on any atom is 0.416 e. The Kier molecular flexibility index (Phi) is 14.8. The maximum absolute atomic E-state index is 13.2. The number of hydrogen-bond donors (Lipinski definition) is 1. The number of carbonyl (C=O) groups excluding carboxylic acids is 1. The number of azo groups is 1. The van der Waals surface area contributed by atoms with E-state index < -0.39 is 11.7 Å². The van der Waals surface area contributed by atoms with Crippen LogP contribution < -0.4 is 10.2 Å². The van der Waals surface area contributed by atoms with Crippen LogP contribution in [0, 0.1) is 11.8 Å². The zero-order chi connectivity index (χ0) is 30.6. The number of alkyl halides is 3. The molecule has 1 amide bonds. The van der Waals surface area contributed by atoms with Crippen molar-refractivity contribution < 1.29 is 18.0 Å². The normalized spacial score (nSPS) is 13.4. The Morgan fingerprint density at radius 2 is 1.44 bits per heavy atom. The molecule has 2 unspecified atom stereocenters. The first-order valence-electron chi connectivity index (χ1n) is 14.6. The SMILES string of the molecule is CCCCC(CC)CN(CC(CC)CCCC)c1ccc(N=Nc2c(Br)cc(C(F)(F)F)cc2Br)c(NC(C)=O)c1. The number of hydrogen-bond acceptors (Lipinski definition) is 4. The third-order valence-electron chi connectivity index (χ3n) is 7.30. The molecule has 41 heavy (non-hydrogen) atoms. The molecule has 2 aromatic carbocycles. The van der Waals surface area contributed by atoms with Gasteiger partial charge >= 0.3 is 6.18 Å². The van der Waals surface area contributed by atoms with Crippen molar-refractivity contribution in [2.75, 3.05) is 23.3 Å². The number of benzene rings is 2. The molecule has 0 heterocycles. The molecule has 0 aliphatic rings. The largest absolute Gasteiger partial charge is 0.416 e. The minimum absolute atomic E-state index is 0.155. The molecule has 2 atom stereocenters. The predicted molar refractivity (Wildman–Crippen MR) is 171 cm³/mol. The third kappa shape index (κ3) is 11.3. The molecule has 0 aromatic heterocycles. The molecule has 0 spiro atoms. The Morgan fingerprint density at radius 3 is 1.88 bits per heavy atom. The second-order valence-electron chi connectivity index (χ2n) is 10.6. The molecule has 0 fully saturated rings. The van der Waals surface area contributed by atoms with Gasteiger partial charge in [0.2, 0.25) is 5.91 Å². The summed E-state index contributed by atoms with van der Waals surface area (Å²) in [5, 5.41) is 11.4. The van der Waals surface area contributed by atoms with E-state index in [2.05, 4.69) is 80.0 Å². The van der Waals surface area contributed by atoms with Gasteiger partial charge in [-0.05, 0) is 86.9 Å². The van der Waals surface area contributed by atoms with Crippen molar-refractivity contribution in [1.82, 2.24) is 0 Å². The first-order valence-corrected chi connectivity index (χ1v) is 16.2. The summed E-state index contributed by atoms with van der Waals surface area (Å²) in [7, 11) is 0. The van der Waals surface area contributed by atoms with Crippen LogP contribution in [0.5, 0.6) is 0 Å². The van der Waals surface area contributed by atoms with Crippen molar-refractivity contribution in [3.8, 4) is 0 Å². The van der Waals surface area contributed by atoms with Crippen molar-refractivity contribution in [2.24, 2.45) is 22.1 Å². The fraction of sp³-hybridized carbons (Fsp3) is 0.581. The van der Waals surface area contributed by atoms with E-state index in [1.807, 2.05) is 18.2 Å². The smallest absolute Gasteiger partial charge is 0.371 e. The van der Waals surface area contributed by atoms with Crippen LogP contribution in [0.3, 0.4) is 0 Å². The summed E-state index contributed by atoms with van der Waals surface area (Å²) in [5.41, 5.74) is 1.35. The van der Waals surface area contributed by atoms with E-state index in [9.17, 15) is 18.0 Å². The summed E-state index contributed by atoms with van der Waals surface area (Å²) in [5.74, 6) is 0.888. The Morgan fingerprint density at radius 1 is 0.902 bits per heavy atom. The molecule has 10 heteroatoms. The Bertz CT molecular complexity index is 1120. The van der Waals surface area contributed by atoms with Crippen LogP contribution in [0.4, 0.5) is 35.9 Å².